The fourth-order valence-electron chi connectivity index (χ4n) is 6.86. The maximum atomic E-state index is 13.6. The molecule has 0 radical (unpaired) electrons. The Bertz CT molecular complexity index is 936. The van der Waals surface area contributed by atoms with Crippen LogP contribution >= 0.6 is 0 Å². The zero-order chi connectivity index (χ0) is 23.8. The molecule has 3 heterocycles. The summed E-state index contributed by atoms with van der Waals surface area (Å²) in [6.45, 7) is 3.05. The Morgan fingerprint density at radius 2 is 1.70 bits per heavy atom. The molecular formula is C24H28F6N2O. The van der Waals surface area contributed by atoms with Gasteiger partial charge in [0.15, 0.2) is 0 Å². The van der Waals surface area contributed by atoms with Gasteiger partial charge in [0.05, 0.1) is 16.9 Å². The fraction of sp³-hybridized carbons (Fsp3) is 0.708. The lowest BCUT2D eigenvalue weighted by atomic mass is 9.73. The van der Waals surface area contributed by atoms with E-state index in [-0.39, 0.29) is 43.3 Å². The minimum absolute atomic E-state index is 0.00994. The predicted octanol–water partition coefficient (Wildman–Crippen LogP) is 5.42. The van der Waals surface area contributed by atoms with Crippen molar-refractivity contribution in [3.63, 3.8) is 0 Å². The van der Waals surface area contributed by atoms with E-state index in [1.807, 2.05) is 0 Å². The van der Waals surface area contributed by atoms with E-state index in [0.29, 0.717) is 37.9 Å². The number of carbonyl (C=O) groups excluding carboxylic acids is 1. The molecule has 1 saturated carbocycles. The number of halogens is 6. The average Bonchev–Trinajstić information content (AvgIpc) is 3.29. The molecule has 2 saturated heterocycles. The molecule has 3 nitrogen and oxygen atoms in total. The van der Waals surface area contributed by atoms with E-state index in [0.717, 1.165) is 24.1 Å². The number of likely N-dealkylation sites (tertiary alicyclic amines) is 1. The van der Waals surface area contributed by atoms with Crippen molar-refractivity contribution < 1.29 is 31.1 Å². The molecule has 1 amide bonds. The van der Waals surface area contributed by atoms with Gasteiger partial charge >= 0.3 is 12.4 Å². The number of benzene rings is 1. The van der Waals surface area contributed by atoms with Crippen molar-refractivity contribution in [3.05, 3.63) is 34.9 Å². The lowest BCUT2D eigenvalue weighted by Crippen LogP contribution is -2.44. The van der Waals surface area contributed by atoms with Crippen LogP contribution in [0.25, 0.3) is 0 Å². The lowest BCUT2D eigenvalue weighted by Gasteiger charge is -2.37. The number of hydrogen-bond acceptors (Lipinski definition) is 2. The van der Waals surface area contributed by atoms with E-state index in [9.17, 15) is 31.1 Å². The number of nitrogens with zero attached hydrogens (tertiary/aromatic N) is 2. The van der Waals surface area contributed by atoms with Crippen molar-refractivity contribution in [1.82, 2.24) is 9.80 Å². The van der Waals surface area contributed by atoms with Crippen LogP contribution in [0.4, 0.5) is 26.3 Å². The minimum atomic E-state index is -4.42. The van der Waals surface area contributed by atoms with Crippen LogP contribution in [0.3, 0.4) is 0 Å². The molecule has 0 N–H and O–H groups in total. The van der Waals surface area contributed by atoms with Gasteiger partial charge in [0.1, 0.15) is 0 Å². The fourth-order valence-corrected chi connectivity index (χ4v) is 6.86. The van der Waals surface area contributed by atoms with Crippen LogP contribution in [0.2, 0.25) is 0 Å². The Labute approximate surface area is 189 Å². The summed E-state index contributed by atoms with van der Waals surface area (Å²) >= 11 is 0. The van der Waals surface area contributed by atoms with Gasteiger partial charge in [-0.25, -0.2) is 0 Å². The van der Waals surface area contributed by atoms with E-state index >= 15 is 0 Å². The highest BCUT2D eigenvalue weighted by molar-refractivity contribution is 5.87. The summed E-state index contributed by atoms with van der Waals surface area (Å²) in [5.74, 6) is -1.18. The molecule has 2 unspecified atom stereocenters. The van der Waals surface area contributed by atoms with E-state index < -0.39 is 29.2 Å². The molecule has 182 valence electrons. The third kappa shape index (κ3) is 3.74. The van der Waals surface area contributed by atoms with Crippen molar-refractivity contribution in [2.24, 2.45) is 17.3 Å². The molecular weight excluding hydrogens is 446 g/mol. The van der Waals surface area contributed by atoms with Crippen LogP contribution in [0, 0.1) is 17.3 Å². The standard InChI is InChI=1S/C24H28F6N2O/c1-14-20-11-15-2-3-18(24(28,29)30)10-16(15)13-32(20)21(33)22(14)7-4-19(12-22)31-8-5-17(6-9-31)23(25,26)27/h2-3,10,14,17,19-20H,4-9,11-13H2,1H3/t14?,19-,20?,22+/m1/s1. The number of fused-ring (bicyclic) bond motifs is 2. The number of amides is 1. The normalized spacial score (nSPS) is 33.6. The molecule has 1 aromatic carbocycles. The number of hydrogen-bond donors (Lipinski definition) is 0. The number of piperidine rings is 1. The molecule has 0 bridgehead atoms. The third-order valence-corrected chi connectivity index (χ3v) is 8.87. The van der Waals surface area contributed by atoms with Gasteiger partial charge in [-0.3, -0.25) is 4.79 Å². The van der Waals surface area contributed by atoms with Crippen molar-refractivity contribution in [2.75, 3.05) is 13.1 Å². The summed E-state index contributed by atoms with van der Waals surface area (Å²) in [5.41, 5.74) is 0.162. The molecule has 33 heavy (non-hydrogen) atoms. The van der Waals surface area contributed by atoms with Gasteiger partial charge in [-0.15, -0.1) is 0 Å². The number of rotatable bonds is 1. The van der Waals surface area contributed by atoms with Crippen LogP contribution in [0.5, 0.6) is 0 Å². The molecule has 5 rings (SSSR count). The topological polar surface area (TPSA) is 23.6 Å². The van der Waals surface area contributed by atoms with Gasteiger partial charge in [-0.05, 0) is 80.8 Å². The molecule has 4 atom stereocenters. The highest BCUT2D eigenvalue weighted by Crippen LogP contribution is 2.55. The number of alkyl halides is 6. The average molecular weight is 474 g/mol. The highest BCUT2D eigenvalue weighted by atomic mass is 19.4. The SMILES string of the molecule is CC1C2Cc3ccc(C(F)(F)F)cc3CN2C(=O)[C@]12CC[C@@H](N1CCC(C(F)(F)F)CC1)C2. The predicted molar refractivity (Wildman–Crippen MR) is 109 cm³/mol. The van der Waals surface area contributed by atoms with Crippen LogP contribution in [0.1, 0.15) is 55.7 Å². The summed E-state index contributed by atoms with van der Waals surface area (Å²) in [7, 11) is 0. The van der Waals surface area contributed by atoms with Gasteiger partial charge in [0, 0.05) is 18.6 Å². The van der Waals surface area contributed by atoms with E-state index in [2.05, 4.69) is 11.8 Å². The smallest absolute Gasteiger partial charge is 0.334 e. The van der Waals surface area contributed by atoms with E-state index in [1.54, 1.807) is 11.0 Å². The summed E-state index contributed by atoms with van der Waals surface area (Å²) < 4.78 is 78.6. The molecule has 3 aliphatic heterocycles. The maximum Gasteiger partial charge on any atom is 0.416 e. The summed E-state index contributed by atoms with van der Waals surface area (Å²) in [6.07, 6.45) is -5.74. The Morgan fingerprint density at radius 3 is 2.33 bits per heavy atom. The Balaban J connectivity index is 1.31. The van der Waals surface area contributed by atoms with Crippen LogP contribution in [-0.2, 0) is 23.9 Å². The molecule has 0 aromatic heterocycles. The second-order valence-electron chi connectivity index (χ2n) is 10.4. The first-order valence-electron chi connectivity index (χ1n) is 11.7. The van der Waals surface area contributed by atoms with Gasteiger partial charge in [-0.1, -0.05) is 13.0 Å². The van der Waals surface area contributed by atoms with Gasteiger partial charge in [0.25, 0.3) is 0 Å². The molecule has 9 heteroatoms. The molecule has 1 spiro atoms. The summed E-state index contributed by atoms with van der Waals surface area (Å²) in [5, 5.41) is 0. The highest BCUT2D eigenvalue weighted by Gasteiger charge is 2.61. The Kier molecular flexibility index (Phi) is 5.31. The first-order valence-corrected chi connectivity index (χ1v) is 11.7. The zero-order valence-electron chi connectivity index (χ0n) is 18.5. The van der Waals surface area contributed by atoms with Crippen LogP contribution in [-0.4, -0.2) is 47.1 Å². The van der Waals surface area contributed by atoms with Gasteiger partial charge in [0.2, 0.25) is 5.91 Å². The maximum absolute atomic E-state index is 13.6. The Hall–Kier alpha value is -1.77. The third-order valence-electron chi connectivity index (χ3n) is 8.87. The Morgan fingerprint density at radius 1 is 1.00 bits per heavy atom. The van der Waals surface area contributed by atoms with Crippen LogP contribution < -0.4 is 0 Å². The molecule has 3 fully saturated rings. The molecule has 1 aliphatic carbocycles. The van der Waals surface area contributed by atoms with E-state index in [4.69, 9.17) is 0 Å². The second kappa shape index (κ2) is 7.62. The van der Waals surface area contributed by atoms with Crippen molar-refractivity contribution in [3.8, 4) is 0 Å². The van der Waals surface area contributed by atoms with Gasteiger partial charge in [-0.2, -0.15) is 26.3 Å². The van der Waals surface area contributed by atoms with E-state index in [1.165, 1.54) is 0 Å². The molecule has 4 aliphatic rings. The first kappa shape index (κ1) is 23.0. The largest absolute Gasteiger partial charge is 0.416 e. The summed E-state index contributed by atoms with van der Waals surface area (Å²) in [6, 6.07) is 3.86. The second-order valence-corrected chi connectivity index (χ2v) is 10.4. The first-order chi connectivity index (χ1) is 15.4. The van der Waals surface area contributed by atoms with Gasteiger partial charge < -0.3 is 9.80 Å². The van der Waals surface area contributed by atoms with Crippen molar-refractivity contribution in [2.45, 2.75) is 76.4 Å². The lowest BCUT2D eigenvalue weighted by molar-refractivity contribution is -0.186. The van der Waals surface area contributed by atoms with Crippen LogP contribution in [0.15, 0.2) is 18.2 Å². The quantitative estimate of drug-likeness (QED) is 0.508. The van der Waals surface area contributed by atoms with Crippen molar-refractivity contribution >= 4 is 5.91 Å². The minimum Gasteiger partial charge on any atom is -0.334 e. The van der Waals surface area contributed by atoms with Crippen molar-refractivity contribution in [1.29, 1.82) is 0 Å². The monoisotopic (exact) mass is 474 g/mol. The molecule has 1 aromatic rings. The zero-order valence-corrected chi connectivity index (χ0v) is 18.5. The number of carbonyl (C=O) groups is 1. The summed E-state index contributed by atoms with van der Waals surface area (Å²) in [4.78, 5) is 17.5.